The largest absolute Gasteiger partial charge is 0.468 e. The molecule has 0 saturated carbocycles. The van der Waals surface area contributed by atoms with E-state index in [0.29, 0.717) is 17.7 Å². The second-order valence-corrected chi connectivity index (χ2v) is 4.68. The van der Waals surface area contributed by atoms with Crippen LogP contribution in [0.5, 0.6) is 0 Å². The Morgan fingerprint density at radius 3 is 2.74 bits per heavy atom. The maximum atomic E-state index is 12.4. The highest BCUT2D eigenvalue weighted by atomic mass is 16.5. The first-order chi connectivity index (χ1) is 9.06. The first-order valence-corrected chi connectivity index (χ1v) is 6.22. The molecule has 0 radical (unpaired) electrons. The van der Waals surface area contributed by atoms with E-state index in [-0.39, 0.29) is 12.3 Å². The number of carbonyl (C=O) groups is 2. The van der Waals surface area contributed by atoms with Crippen LogP contribution in [0.3, 0.4) is 0 Å². The lowest BCUT2D eigenvalue weighted by Gasteiger charge is -2.25. The minimum Gasteiger partial charge on any atom is -0.468 e. The Morgan fingerprint density at radius 1 is 1.42 bits per heavy atom. The molecule has 1 amide bonds. The van der Waals surface area contributed by atoms with Crippen LogP contribution in [0.1, 0.15) is 25.3 Å². The van der Waals surface area contributed by atoms with Crippen molar-refractivity contribution in [2.75, 3.05) is 12.4 Å². The second kappa shape index (κ2) is 4.88. The van der Waals surface area contributed by atoms with Crippen molar-refractivity contribution in [3.05, 3.63) is 42.0 Å². The molecule has 1 aliphatic rings. The minimum atomic E-state index is -1.29. The predicted octanol–water partition coefficient (Wildman–Crippen LogP) is 2.41. The van der Waals surface area contributed by atoms with Crippen LogP contribution < -0.4 is 5.32 Å². The molecule has 1 aromatic rings. The van der Waals surface area contributed by atoms with E-state index in [1.54, 1.807) is 12.1 Å². The highest BCUT2D eigenvalue weighted by molar-refractivity contribution is 6.19. The third-order valence-electron chi connectivity index (χ3n) is 3.57. The lowest BCUT2D eigenvalue weighted by atomic mass is 9.76. The quantitative estimate of drug-likeness (QED) is 0.513. The lowest BCUT2D eigenvalue weighted by Crippen LogP contribution is -2.43. The predicted molar refractivity (Wildman–Crippen MR) is 72.8 cm³/mol. The number of anilines is 1. The number of carbonyl (C=O) groups excluding carboxylic acids is 2. The van der Waals surface area contributed by atoms with Crippen LogP contribution in [-0.4, -0.2) is 19.0 Å². The van der Waals surface area contributed by atoms with Gasteiger partial charge in [0.2, 0.25) is 5.91 Å². The molecule has 4 nitrogen and oxygen atoms in total. The molecule has 1 atom stereocenters. The first-order valence-electron chi connectivity index (χ1n) is 6.22. The summed E-state index contributed by atoms with van der Waals surface area (Å²) in [7, 11) is 1.30. The zero-order chi connectivity index (χ0) is 14.0. The Labute approximate surface area is 112 Å². The molecular weight excluding hydrogens is 242 g/mol. The Bertz CT molecular complexity index is 540. The zero-order valence-electron chi connectivity index (χ0n) is 11.2. The van der Waals surface area contributed by atoms with Gasteiger partial charge >= 0.3 is 5.97 Å². The molecule has 100 valence electrons. The number of fused-ring (bicyclic) bond motifs is 1. The molecule has 0 aromatic heterocycles. The van der Waals surface area contributed by atoms with Crippen molar-refractivity contribution < 1.29 is 14.3 Å². The number of hydrogen-bond acceptors (Lipinski definition) is 3. The molecule has 1 N–H and O–H groups in total. The molecule has 1 heterocycles. The van der Waals surface area contributed by atoms with Crippen LogP contribution in [0.4, 0.5) is 5.69 Å². The molecule has 0 unspecified atom stereocenters. The van der Waals surface area contributed by atoms with Gasteiger partial charge in [-0.15, -0.1) is 0 Å². The van der Waals surface area contributed by atoms with Crippen LogP contribution in [-0.2, 0) is 19.7 Å². The monoisotopic (exact) mass is 259 g/mol. The van der Waals surface area contributed by atoms with E-state index in [2.05, 4.69) is 11.9 Å². The number of methoxy groups -OCH3 is 1. The summed E-state index contributed by atoms with van der Waals surface area (Å²) in [6.07, 6.45) is 0.993. The Morgan fingerprint density at radius 2 is 2.11 bits per heavy atom. The van der Waals surface area contributed by atoms with Crippen LogP contribution in [0, 0.1) is 0 Å². The maximum absolute atomic E-state index is 12.4. The van der Waals surface area contributed by atoms with Gasteiger partial charge in [-0.2, -0.15) is 0 Å². The molecule has 0 spiro atoms. The van der Waals surface area contributed by atoms with Gasteiger partial charge in [0.1, 0.15) is 0 Å². The number of nitrogens with one attached hydrogen (secondary N) is 1. The molecule has 0 aliphatic carbocycles. The third kappa shape index (κ3) is 1.93. The van der Waals surface area contributed by atoms with Crippen LogP contribution in [0.15, 0.2) is 36.4 Å². The van der Waals surface area contributed by atoms with E-state index in [1.165, 1.54) is 7.11 Å². The average Bonchev–Trinajstić information content (AvgIpc) is 2.71. The Kier molecular flexibility index (Phi) is 3.42. The maximum Gasteiger partial charge on any atom is 0.326 e. The standard InChI is InChI=1S/C15H17NO3/c1-4-10(2)9-15(14(18)19-3)11-7-5-6-8-12(11)16-13(15)17/h5-8H,2,4,9H2,1,3H3,(H,16,17)/t15-/m0/s1. The van der Waals surface area contributed by atoms with E-state index < -0.39 is 11.4 Å². The number of amides is 1. The summed E-state index contributed by atoms with van der Waals surface area (Å²) in [5.41, 5.74) is 0.888. The van der Waals surface area contributed by atoms with Gasteiger partial charge in [-0.25, -0.2) is 0 Å². The van der Waals surface area contributed by atoms with Gasteiger partial charge in [0.25, 0.3) is 0 Å². The highest BCUT2D eigenvalue weighted by Crippen LogP contribution is 2.43. The van der Waals surface area contributed by atoms with Crippen molar-refractivity contribution in [2.45, 2.75) is 25.2 Å². The van der Waals surface area contributed by atoms with Crippen LogP contribution in [0.2, 0.25) is 0 Å². The number of hydrogen-bond donors (Lipinski definition) is 1. The van der Waals surface area contributed by atoms with E-state index in [4.69, 9.17) is 4.74 Å². The van der Waals surface area contributed by atoms with Gasteiger partial charge in [-0.1, -0.05) is 37.3 Å². The van der Waals surface area contributed by atoms with E-state index in [1.807, 2.05) is 19.1 Å². The fourth-order valence-corrected chi connectivity index (χ4v) is 2.44. The van der Waals surface area contributed by atoms with Crippen molar-refractivity contribution in [3.63, 3.8) is 0 Å². The molecule has 0 bridgehead atoms. The van der Waals surface area contributed by atoms with Gasteiger partial charge < -0.3 is 10.1 Å². The van der Waals surface area contributed by atoms with Crippen molar-refractivity contribution in [2.24, 2.45) is 0 Å². The Hall–Kier alpha value is -2.10. The second-order valence-electron chi connectivity index (χ2n) is 4.68. The summed E-state index contributed by atoms with van der Waals surface area (Å²) >= 11 is 0. The molecule has 2 rings (SSSR count). The molecule has 0 fully saturated rings. The number of benzene rings is 1. The van der Waals surface area contributed by atoms with Crippen molar-refractivity contribution in [1.29, 1.82) is 0 Å². The summed E-state index contributed by atoms with van der Waals surface area (Å²) in [5, 5.41) is 2.75. The minimum absolute atomic E-state index is 0.277. The average molecular weight is 259 g/mol. The van der Waals surface area contributed by atoms with E-state index >= 15 is 0 Å². The number of rotatable bonds is 4. The SMILES string of the molecule is C=C(CC)C[C@@]1(C(=O)OC)C(=O)Nc2ccccc21. The molecule has 19 heavy (non-hydrogen) atoms. The lowest BCUT2D eigenvalue weighted by molar-refractivity contribution is -0.150. The summed E-state index contributed by atoms with van der Waals surface area (Å²) in [4.78, 5) is 24.6. The summed E-state index contributed by atoms with van der Waals surface area (Å²) in [6.45, 7) is 5.87. The van der Waals surface area contributed by atoms with E-state index in [9.17, 15) is 9.59 Å². The van der Waals surface area contributed by atoms with Gasteiger partial charge in [0.05, 0.1) is 7.11 Å². The number of ether oxygens (including phenoxy) is 1. The number of para-hydroxylation sites is 1. The third-order valence-corrected chi connectivity index (χ3v) is 3.57. The first kappa shape index (κ1) is 13.3. The normalized spacial score (nSPS) is 20.6. The van der Waals surface area contributed by atoms with Gasteiger partial charge in [0, 0.05) is 11.3 Å². The Balaban J connectivity index is 2.58. The fourth-order valence-electron chi connectivity index (χ4n) is 2.44. The van der Waals surface area contributed by atoms with Crippen molar-refractivity contribution >= 4 is 17.6 Å². The van der Waals surface area contributed by atoms with Crippen LogP contribution in [0.25, 0.3) is 0 Å². The van der Waals surface area contributed by atoms with Gasteiger partial charge in [-0.05, 0) is 18.9 Å². The van der Waals surface area contributed by atoms with Gasteiger partial charge in [-0.3, -0.25) is 9.59 Å². The van der Waals surface area contributed by atoms with Crippen molar-refractivity contribution in [1.82, 2.24) is 0 Å². The highest BCUT2D eigenvalue weighted by Gasteiger charge is 2.53. The van der Waals surface area contributed by atoms with Crippen molar-refractivity contribution in [3.8, 4) is 0 Å². The molecule has 1 aliphatic heterocycles. The van der Waals surface area contributed by atoms with Crippen LogP contribution >= 0.6 is 0 Å². The molecule has 0 saturated heterocycles. The molecule has 1 aromatic carbocycles. The van der Waals surface area contributed by atoms with Gasteiger partial charge in [0.15, 0.2) is 5.41 Å². The topological polar surface area (TPSA) is 55.4 Å². The van der Waals surface area contributed by atoms with E-state index in [0.717, 1.165) is 5.57 Å². The number of esters is 1. The summed E-state index contributed by atoms with van der Waals surface area (Å²) < 4.78 is 4.87. The molecular formula is C15H17NO3. The smallest absolute Gasteiger partial charge is 0.326 e. The molecule has 4 heteroatoms. The zero-order valence-corrected chi connectivity index (χ0v) is 11.2. The number of allylic oxidation sites excluding steroid dienone is 1. The fraction of sp³-hybridized carbons (Fsp3) is 0.333. The summed E-state index contributed by atoms with van der Waals surface area (Å²) in [5.74, 6) is -0.875. The summed E-state index contributed by atoms with van der Waals surface area (Å²) in [6, 6.07) is 7.20.